The predicted octanol–water partition coefficient (Wildman–Crippen LogP) is 3.21. The Labute approximate surface area is 109 Å². The minimum absolute atomic E-state index is 0.184. The van der Waals surface area contributed by atoms with Crippen LogP contribution >= 0.6 is 0 Å². The van der Waals surface area contributed by atoms with E-state index >= 15 is 0 Å². The molecule has 0 aromatic heterocycles. The Hall–Kier alpha value is -1.22. The van der Waals surface area contributed by atoms with Crippen molar-refractivity contribution in [2.75, 3.05) is 13.7 Å². The molecule has 0 aliphatic heterocycles. The van der Waals surface area contributed by atoms with Crippen molar-refractivity contribution in [2.24, 2.45) is 5.73 Å². The van der Waals surface area contributed by atoms with Gasteiger partial charge in [-0.2, -0.15) is 0 Å². The van der Waals surface area contributed by atoms with Gasteiger partial charge in [-0.1, -0.05) is 25.3 Å². The minimum Gasteiger partial charge on any atom is -0.493 e. The quantitative estimate of drug-likeness (QED) is 0.891. The van der Waals surface area contributed by atoms with Crippen molar-refractivity contribution < 1.29 is 9.47 Å². The first-order chi connectivity index (χ1) is 8.69. The Bertz CT molecular complexity index is 397. The molecule has 0 saturated heterocycles. The highest BCUT2D eigenvalue weighted by Crippen LogP contribution is 2.38. The average molecular weight is 249 g/mol. The number of nitrogens with two attached hydrogens (primary N) is 1. The molecule has 0 spiro atoms. The van der Waals surface area contributed by atoms with Gasteiger partial charge >= 0.3 is 0 Å². The molecule has 2 rings (SSSR count). The van der Waals surface area contributed by atoms with Crippen LogP contribution in [-0.4, -0.2) is 13.7 Å². The van der Waals surface area contributed by atoms with E-state index in [9.17, 15) is 0 Å². The Morgan fingerprint density at radius 2 is 1.89 bits per heavy atom. The highest BCUT2D eigenvalue weighted by molar-refractivity contribution is 5.45. The van der Waals surface area contributed by atoms with Crippen LogP contribution in [0.15, 0.2) is 18.2 Å². The van der Waals surface area contributed by atoms with Gasteiger partial charge in [-0.15, -0.1) is 0 Å². The van der Waals surface area contributed by atoms with E-state index in [0.29, 0.717) is 6.61 Å². The third-order valence-electron chi connectivity index (χ3n) is 3.78. The van der Waals surface area contributed by atoms with Crippen LogP contribution in [0.4, 0.5) is 0 Å². The fourth-order valence-corrected chi connectivity index (χ4v) is 2.73. The van der Waals surface area contributed by atoms with Crippen LogP contribution in [0.3, 0.4) is 0 Å². The molecule has 0 heterocycles. The van der Waals surface area contributed by atoms with E-state index in [1.165, 1.54) is 24.8 Å². The number of benzene rings is 1. The molecule has 1 aromatic rings. The second-order valence-corrected chi connectivity index (χ2v) is 5.02. The minimum atomic E-state index is -0.184. The molecule has 0 bridgehead atoms. The monoisotopic (exact) mass is 249 g/mol. The number of hydrogen-bond donors (Lipinski definition) is 1. The van der Waals surface area contributed by atoms with Gasteiger partial charge in [0.25, 0.3) is 0 Å². The molecule has 0 atom stereocenters. The summed E-state index contributed by atoms with van der Waals surface area (Å²) in [6.45, 7) is 2.61. The van der Waals surface area contributed by atoms with E-state index in [1.807, 2.05) is 19.1 Å². The van der Waals surface area contributed by atoms with Gasteiger partial charge in [-0.05, 0) is 37.5 Å². The second-order valence-electron chi connectivity index (χ2n) is 5.02. The number of rotatable bonds is 4. The summed E-state index contributed by atoms with van der Waals surface area (Å²) in [6.07, 6.45) is 5.85. The topological polar surface area (TPSA) is 44.5 Å². The molecule has 0 radical (unpaired) electrons. The van der Waals surface area contributed by atoms with Crippen molar-refractivity contribution in [1.82, 2.24) is 0 Å². The zero-order chi connectivity index (χ0) is 13.0. The van der Waals surface area contributed by atoms with Gasteiger partial charge in [0.2, 0.25) is 0 Å². The van der Waals surface area contributed by atoms with Crippen LogP contribution in [0, 0.1) is 0 Å². The molecule has 1 aliphatic carbocycles. The van der Waals surface area contributed by atoms with Crippen LogP contribution in [0.5, 0.6) is 11.5 Å². The zero-order valence-electron chi connectivity index (χ0n) is 11.4. The summed E-state index contributed by atoms with van der Waals surface area (Å²) >= 11 is 0. The Morgan fingerprint density at radius 3 is 2.50 bits per heavy atom. The normalized spacial score (nSPS) is 18.4. The molecular formula is C15H23NO2. The fraction of sp³-hybridized carbons (Fsp3) is 0.600. The largest absolute Gasteiger partial charge is 0.493 e. The molecule has 0 amide bonds. The van der Waals surface area contributed by atoms with E-state index in [4.69, 9.17) is 15.2 Å². The van der Waals surface area contributed by atoms with Crippen molar-refractivity contribution >= 4 is 0 Å². The smallest absolute Gasteiger partial charge is 0.161 e. The predicted molar refractivity (Wildman–Crippen MR) is 73.1 cm³/mol. The van der Waals surface area contributed by atoms with Gasteiger partial charge in [-0.3, -0.25) is 0 Å². The molecule has 1 fully saturated rings. The van der Waals surface area contributed by atoms with E-state index < -0.39 is 0 Å². The lowest BCUT2D eigenvalue weighted by Crippen LogP contribution is -2.38. The van der Waals surface area contributed by atoms with Gasteiger partial charge in [-0.25, -0.2) is 0 Å². The highest BCUT2D eigenvalue weighted by atomic mass is 16.5. The lowest BCUT2D eigenvalue weighted by Gasteiger charge is -2.34. The molecule has 1 saturated carbocycles. The molecule has 3 heteroatoms. The van der Waals surface area contributed by atoms with Gasteiger partial charge < -0.3 is 15.2 Å². The Balaban J connectivity index is 2.30. The maximum Gasteiger partial charge on any atom is 0.161 e. The summed E-state index contributed by atoms with van der Waals surface area (Å²) in [6, 6.07) is 6.09. The Morgan fingerprint density at radius 1 is 1.17 bits per heavy atom. The molecular weight excluding hydrogens is 226 g/mol. The van der Waals surface area contributed by atoms with E-state index in [-0.39, 0.29) is 5.54 Å². The molecule has 2 N–H and O–H groups in total. The van der Waals surface area contributed by atoms with Crippen LogP contribution in [0.1, 0.15) is 44.6 Å². The zero-order valence-corrected chi connectivity index (χ0v) is 11.4. The first-order valence-corrected chi connectivity index (χ1v) is 6.80. The van der Waals surface area contributed by atoms with E-state index in [2.05, 4.69) is 6.07 Å². The van der Waals surface area contributed by atoms with E-state index in [1.54, 1.807) is 7.11 Å². The molecule has 1 aromatic carbocycles. The van der Waals surface area contributed by atoms with Crippen molar-refractivity contribution in [3.05, 3.63) is 23.8 Å². The van der Waals surface area contributed by atoms with Crippen molar-refractivity contribution in [3.63, 3.8) is 0 Å². The summed E-state index contributed by atoms with van der Waals surface area (Å²) < 4.78 is 10.9. The van der Waals surface area contributed by atoms with Crippen LogP contribution in [0.25, 0.3) is 0 Å². The van der Waals surface area contributed by atoms with Crippen LogP contribution in [0.2, 0.25) is 0 Å². The standard InChI is InChI=1S/C15H23NO2/c1-3-18-14-11-12(7-8-13(14)17-2)15(16)9-5-4-6-10-15/h7-8,11H,3-6,9-10,16H2,1-2H3. The maximum atomic E-state index is 6.54. The average Bonchev–Trinajstić information content (AvgIpc) is 2.40. The van der Waals surface area contributed by atoms with Crippen molar-refractivity contribution in [2.45, 2.75) is 44.6 Å². The van der Waals surface area contributed by atoms with Gasteiger partial charge in [0, 0.05) is 5.54 Å². The number of hydrogen-bond acceptors (Lipinski definition) is 3. The number of ether oxygens (including phenoxy) is 2. The van der Waals surface area contributed by atoms with Crippen molar-refractivity contribution in [3.8, 4) is 11.5 Å². The third-order valence-corrected chi connectivity index (χ3v) is 3.78. The Kier molecular flexibility index (Phi) is 4.12. The lowest BCUT2D eigenvalue weighted by atomic mass is 9.77. The lowest BCUT2D eigenvalue weighted by molar-refractivity contribution is 0.292. The van der Waals surface area contributed by atoms with E-state index in [0.717, 1.165) is 24.3 Å². The molecule has 18 heavy (non-hydrogen) atoms. The molecule has 100 valence electrons. The summed E-state index contributed by atoms with van der Waals surface area (Å²) in [5.74, 6) is 1.58. The molecule has 3 nitrogen and oxygen atoms in total. The van der Waals surface area contributed by atoms with Crippen LogP contribution < -0.4 is 15.2 Å². The SMILES string of the molecule is CCOc1cc(C2(N)CCCCC2)ccc1OC. The number of methoxy groups -OCH3 is 1. The molecule has 1 aliphatic rings. The summed E-state index contributed by atoms with van der Waals surface area (Å²) in [5.41, 5.74) is 7.53. The van der Waals surface area contributed by atoms with Crippen LogP contribution in [-0.2, 0) is 5.54 Å². The van der Waals surface area contributed by atoms with Gasteiger partial charge in [0.05, 0.1) is 13.7 Å². The van der Waals surface area contributed by atoms with Gasteiger partial charge in [0.15, 0.2) is 11.5 Å². The molecule has 0 unspecified atom stereocenters. The summed E-state index contributed by atoms with van der Waals surface area (Å²) in [4.78, 5) is 0. The van der Waals surface area contributed by atoms with Gasteiger partial charge in [0.1, 0.15) is 0 Å². The third kappa shape index (κ3) is 2.61. The first kappa shape index (κ1) is 13.2. The summed E-state index contributed by atoms with van der Waals surface area (Å²) in [5, 5.41) is 0. The van der Waals surface area contributed by atoms with Crippen molar-refractivity contribution in [1.29, 1.82) is 0 Å². The summed E-state index contributed by atoms with van der Waals surface area (Å²) in [7, 11) is 1.66. The second kappa shape index (κ2) is 5.61. The first-order valence-electron chi connectivity index (χ1n) is 6.80. The maximum absolute atomic E-state index is 6.54. The fourth-order valence-electron chi connectivity index (χ4n) is 2.73. The highest BCUT2D eigenvalue weighted by Gasteiger charge is 2.30.